The highest BCUT2D eigenvalue weighted by molar-refractivity contribution is 6.32. The van der Waals surface area contributed by atoms with Crippen molar-refractivity contribution in [1.82, 2.24) is 5.32 Å². The predicted octanol–water partition coefficient (Wildman–Crippen LogP) is -0.164. The van der Waals surface area contributed by atoms with Crippen molar-refractivity contribution in [3.63, 3.8) is 0 Å². The maximum absolute atomic E-state index is 13.8. The first-order chi connectivity index (χ1) is 9.15. The summed E-state index contributed by atoms with van der Waals surface area (Å²) in [5.41, 5.74) is 0.552. The lowest BCUT2D eigenvalue weighted by Crippen LogP contribution is -2.56. The van der Waals surface area contributed by atoms with E-state index in [-0.39, 0.29) is 23.7 Å². The minimum absolute atomic E-state index is 0.146. The van der Waals surface area contributed by atoms with Gasteiger partial charge in [0.15, 0.2) is 17.4 Å². The Balaban J connectivity index is 1.85. The van der Waals surface area contributed by atoms with Gasteiger partial charge in [0, 0.05) is 24.9 Å². The molecule has 0 spiro atoms. The van der Waals surface area contributed by atoms with Crippen LogP contribution in [0.25, 0.3) is 0 Å². The summed E-state index contributed by atoms with van der Waals surface area (Å²) in [6.45, 7) is 2.67. The molecule has 2 saturated heterocycles. The summed E-state index contributed by atoms with van der Waals surface area (Å²) in [5, 5.41) is 3.29. The second kappa shape index (κ2) is 5.09. The molecule has 2 bridgehead atoms. The van der Waals surface area contributed by atoms with Crippen LogP contribution in [0.1, 0.15) is 0 Å². The minimum atomic E-state index is -0.630. The third kappa shape index (κ3) is 2.47. The Kier molecular flexibility index (Phi) is 3.45. The molecule has 0 amide bonds. The molecule has 0 radical (unpaired) electrons. The van der Waals surface area contributed by atoms with Crippen LogP contribution in [0.2, 0.25) is 0 Å². The average Bonchev–Trinajstić information content (AvgIpc) is 2.33. The van der Waals surface area contributed by atoms with E-state index in [9.17, 15) is 8.78 Å². The van der Waals surface area contributed by atoms with Gasteiger partial charge in [-0.1, -0.05) is 5.46 Å². The predicted molar refractivity (Wildman–Crippen MR) is 69.6 cm³/mol. The fourth-order valence-corrected chi connectivity index (χ4v) is 2.88. The summed E-state index contributed by atoms with van der Waals surface area (Å²) in [5.74, 6) is -1.22. The van der Waals surface area contributed by atoms with E-state index >= 15 is 0 Å². The zero-order valence-electron chi connectivity index (χ0n) is 10.8. The van der Waals surface area contributed by atoms with Crippen LogP contribution >= 0.6 is 0 Å². The lowest BCUT2D eigenvalue weighted by Gasteiger charge is -2.42. The van der Waals surface area contributed by atoms with Crippen molar-refractivity contribution in [2.24, 2.45) is 11.8 Å². The monoisotopic (exact) mass is 267 g/mol. The number of benzene rings is 1. The van der Waals surface area contributed by atoms with Gasteiger partial charge in [0.25, 0.3) is 0 Å². The van der Waals surface area contributed by atoms with Gasteiger partial charge in [-0.05, 0) is 12.1 Å². The number of hydrogen-bond acceptors (Lipinski definition) is 3. The molecule has 2 heterocycles. The molecule has 0 saturated carbocycles. The van der Waals surface area contributed by atoms with E-state index in [1.165, 1.54) is 12.1 Å². The van der Waals surface area contributed by atoms with Crippen LogP contribution in [-0.4, -0.2) is 40.3 Å². The van der Waals surface area contributed by atoms with Gasteiger partial charge >= 0.3 is 0 Å². The van der Waals surface area contributed by atoms with Crippen molar-refractivity contribution in [2.75, 3.05) is 26.3 Å². The van der Waals surface area contributed by atoms with Crippen molar-refractivity contribution < 1.29 is 18.3 Å². The molecule has 1 N–H and O–H groups in total. The Labute approximate surface area is 111 Å². The number of piperidine rings is 1. The van der Waals surface area contributed by atoms with Crippen LogP contribution in [-0.2, 0) is 4.74 Å². The van der Waals surface area contributed by atoms with E-state index in [0.717, 1.165) is 13.1 Å². The van der Waals surface area contributed by atoms with Gasteiger partial charge in [-0.15, -0.1) is 0 Å². The van der Waals surface area contributed by atoms with Gasteiger partial charge in [0.2, 0.25) is 0 Å². The molecule has 6 heteroatoms. The van der Waals surface area contributed by atoms with Crippen LogP contribution < -0.4 is 15.5 Å². The molecule has 2 atom stereocenters. The topological polar surface area (TPSA) is 30.5 Å². The molecule has 0 aliphatic carbocycles. The molecular formula is C13H16BF2NO2. The Morgan fingerprint density at radius 3 is 2.32 bits per heavy atom. The van der Waals surface area contributed by atoms with E-state index in [4.69, 9.17) is 9.47 Å². The summed E-state index contributed by atoms with van der Waals surface area (Å²) < 4.78 is 38.8. The molecule has 0 aromatic heterocycles. The Morgan fingerprint density at radius 2 is 1.74 bits per heavy atom. The van der Waals surface area contributed by atoms with E-state index in [0.29, 0.717) is 18.7 Å². The second-order valence-corrected chi connectivity index (χ2v) is 5.36. The number of ether oxygens (including phenoxy) is 2. The van der Waals surface area contributed by atoms with Gasteiger partial charge in [0.05, 0.1) is 13.2 Å². The summed E-state index contributed by atoms with van der Waals surface area (Å²) in [4.78, 5) is 0. The number of rotatable bonds is 2. The smallest absolute Gasteiger partial charge is 0.191 e. The molecule has 1 aromatic rings. The van der Waals surface area contributed by atoms with Gasteiger partial charge < -0.3 is 14.8 Å². The zero-order valence-corrected chi connectivity index (χ0v) is 10.8. The minimum Gasteiger partial charge on any atom is -0.483 e. The molecule has 3 rings (SSSR count). The van der Waals surface area contributed by atoms with Crippen molar-refractivity contribution in [1.29, 1.82) is 0 Å². The summed E-state index contributed by atoms with van der Waals surface area (Å²) in [6, 6.07) is 2.59. The molecular weight excluding hydrogens is 251 g/mol. The summed E-state index contributed by atoms with van der Waals surface area (Å²) >= 11 is 0. The van der Waals surface area contributed by atoms with Crippen molar-refractivity contribution in [2.45, 2.75) is 6.10 Å². The first-order valence-corrected chi connectivity index (χ1v) is 6.56. The van der Waals surface area contributed by atoms with E-state index in [1.54, 1.807) is 7.85 Å². The molecule has 1 aromatic carbocycles. The highest BCUT2D eigenvalue weighted by Gasteiger charge is 2.39. The van der Waals surface area contributed by atoms with Crippen molar-refractivity contribution in [3.05, 3.63) is 23.8 Å². The molecule has 2 aliphatic rings. The van der Waals surface area contributed by atoms with Crippen molar-refractivity contribution >= 4 is 13.3 Å². The van der Waals surface area contributed by atoms with Gasteiger partial charge in [-0.2, -0.15) is 0 Å². The standard InChI is InChI=1S/C13H16BF2NO2/c14-9-1-10(15)13(11(16)2-9)19-12-7-3-17-4-8(12)6-18-5-7/h1-2,7-8,12,17H,3-6,14H2. The van der Waals surface area contributed by atoms with E-state index in [1.807, 2.05) is 0 Å². The third-order valence-corrected chi connectivity index (χ3v) is 3.80. The van der Waals surface area contributed by atoms with Gasteiger partial charge in [0.1, 0.15) is 14.0 Å². The van der Waals surface area contributed by atoms with E-state index in [2.05, 4.69) is 5.32 Å². The number of halogens is 2. The largest absolute Gasteiger partial charge is 0.483 e. The number of hydrogen-bond donors (Lipinski definition) is 1. The fourth-order valence-electron chi connectivity index (χ4n) is 2.88. The maximum Gasteiger partial charge on any atom is 0.191 e. The Bertz CT molecular complexity index is 441. The van der Waals surface area contributed by atoms with Crippen LogP contribution in [0.3, 0.4) is 0 Å². The molecule has 2 unspecified atom stereocenters. The van der Waals surface area contributed by atoms with Gasteiger partial charge in [-0.3, -0.25) is 0 Å². The van der Waals surface area contributed by atoms with E-state index < -0.39 is 11.6 Å². The molecule has 3 nitrogen and oxygen atoms in total. The first-order valence-electron chi connectivity index (χ1n) is 6.56. The van der Waals surface area contributed by atoms with Crippen LogP contribution in [0.4, 0.5) is 8.78 Å². The average molecular weight is 267 g/mol. The fraction of sp³-hybridized carbons (Fsp3) is 0.538. The Hall–Kier alpha value is -1.14. The number of fused-ring (bicyclic) bond motifs is 2. The molecule has 102 valence electrons. The SMILES string of the molecule is Bc1cc(F)c(OC2C3CNCC2COC3)c(F)c1. The lowest BCUT2D eigenvalue weighted by molar-refractivity contribution is -0.0841. The number of nitrogens with one attached hydrogen (secondary N) is 1. The van der Waals surface area contributed by atoms with Crippen molar-refractivity contribution in [3.8, 4) is 5.75 Å². The zero-order chi connectivity index (χ0) is 13.4. The summed E-state index contributed by atoms with van der Waals surface area (Å²) in [6.07, 6.45) is -0.179. The van der Waals surface area contributed by atoms with Crippen LogP contribution in [0.15, 0.2) is 12.1 Å². The third-order valence-electron chi connectivity index (χ3n) is 3.80. The summed E-state index contributed by atoms with van der Waals surface area (Å²) in [7, 11) is 1.66. The lowest BCUT2D eigenvalue weighted by atomic mass is 9.85. The van der Waals surface area contributed by atoms with Gasteiger partial charge in [-0.25, -0.2) is 8.78 Å². The second-order valence-electron chi connectivity index (χ2n) is 5.36. The molecule has 2 fully saturated rings. The molecule has 19 heavy (non-hydrogen) atoms. The normalized spacial score (nSPS) is 30.1. The first kappa shape index (κ1) is 12.9. The van der Waals surface area contributed by atoms with Crippen LogP contribution in [0.5, 0.6) is 5.75 Å². The maximum atomic E-state index is 13.8. The quantitative estimate of drug-likeness (QED) is 0.755. The van der Waals surface area contributed by atoms with Crippen LogP contribution in [0, 0.1) is 23.5 Å². The highest BCUT2D eigenvalue weighted by atomic mass is 19.1. The highest BCUT2D eigenvalue weighted by Crippen LogP contribution is 2.30. The Morgan fingerprint density at radius 1 is 1.16 bits per heavy atom. The molecule has 2 aliphatic heterocycles.